The van der Waals surface area contributed by atoms with Crippen LogP contribution in [0.2, 0.25) is 0 Å². The molecule has 1 fully saturated rings. The highest BCUT2D eigenvalue weighted by Crippen LogP contribution is 2.32. The Bertz CT molecular complexity index is 1530. The lowest BCUT2D eigenvalue weighted by Crippen LogP contribution is -2.35. The van der Waals surface area contributed by atoms with Crippen LogP contribution in [0.1, 0.15) is 24.8 Å². The molecule has 0 bridgehead atoms. The number of hydrogen-bond donors (Lipinski definition) is 0. The number of piperidine rings is 1. The summed E-state index contributed by atoms with van der Waals surface area (Å²) < 4.78 is 44.5. The van der Waals surface area contributed by atoms with Gasteiger partial charge < -0.3 is 13.9 Å². The van der Waals surface area contributed by atoms with Gasteiger partial charge in [0.2, 0.25) is 10.0 Å². The van der Waals surface area contributed by atoms with Gasteiger partial charge in [-0.05, 0) is 60.9 Å². The van der Waals surface area contributed by atoms with E-state index in [0.29, 0.717) is 30.0 Å². The lowest BCUT2D eigenvalue weighted by Gasteiger charge is -2.26. The van der Waals surface area contributed by atoms with E-state index in [1.54, 1.807) is 30.3 Å². The lowest BCUT2D eigenvalue weighted by atomic mass is 10.1. The Morgan fingerprint density at radius 3 is 2.51 bits per heavy atom. The summed E-state index contributed by atoms with van der Waals surface area (Å²) in [5.41, 5.74) is 2.03. The number of carbonyl (C=O) groups excluding carboxylic acids is 1. The average molecular weight is 492 g/mol. The Morgan fingerprint density at radius 1 is 0.943 bits per heavy atom. The van der Waals surface area contributed by atoms with Crippen molar-refractivity contribution in [1.29, 1.82) is 0 Å². The maximum atomic E-state index is 13.2. The number of carbonyl (C=O) groups is 1. The third-order valence-electron chi connectivity index (χ3n) is 6.10. The molecule has 8 heteroatoms. The van der Waals surface area contributed by atoms with Crippen LogP contribution in [0.5, 0.6) is 11.5 Å². The van der Waals surface area contributed by atoms with E-state index in [0.717, 1.165) is 35.6 Å². The number of rotatable bonds is 6. The van der Waals surface area contributed by atoms with E-state index in [9.17, 15) is 13.2 Å². The highest BCUT2D eigenvalue weighted by Gasteiger charge is 2.29. The molecule has 1 saturated heterocycles. The molecular formula is C27H25NO6S. The Labute approximate surface area is 203 Å². The summed E-state index contributed by atoms with van der Waals surface area (Å²) in [7, 11) is -2.26. The van der Waals surface area contributed by atoms with Gasteiger partial charge in [-0.15, -0.1) is 0 Å². The average Bonchev–Trinajstić information content (AvgIpc) is 3.26. The number of para-hydroxylation sites is 1. The molecule has 1 aliphatic rings. The predicted molar refractivity (Wildman–Crippen MR) is 134 cm³/mol. The summed E-state index contributed by atoms with van der Waals surface area (Å²) in [5, 5.41) is 1.80. The van der Waals surface area contributed by atoms with Crippen molar-refractivity contribution in [3.63, 3.8) is 0 Å². The third-order valence-corrected chi connectivity index (χ3v) is 8.02. The fourth-order valence-electron chi connectivity index (χ4n) is 4.33. The number of nitrogens with zero attached hydrogens (tertiary/aromatic N) is 1. The first-order valence-electron chi connectivity index (χ1n) is 11.4. The van der Waals surface area contributed by atoms with E-state index in [-0.39, 0.29) is 10.6 Å². The van der Waals surface area contributed by atoms with Gasteiger partial charge in [-0.2, -0.15) is 4.31 Å². The topological polar surface area (TPSA) is 86.0 Å². The standard InChI is InChI=1S/C27H25NO6S/c1-32-25-12-9-19(17-26(25)35(30,31)28-15-5-2-6-16-28)10-14-27(29)33-20-11-13-24-22(18-20)21-7-3-4-8-23(21)34-24/h3-4,7-14,17-18H,2,5-6,15-16H2,1H3. The molecule has 0 atom stereocenters. The first-order chi connectivity index (χ1) is 17.0. The molecule has 1 aromatic heterocycles. The molecule has 3 aromatic carbocycles. The van der Waals surface area contributed by atoms with Gasteiger partial charge in [0.1, 0.15) is 27.6 Å². The normalized spacial score (nSPS) is 15.1. The Hall–Kier alpha value is -3.62. The number of fused-ring (bicyclic) bond motifs is 3. The van der Waals surface area contributed by atoms with Gasteiger partial charge in [0.05, 0.1) is 7.11 Å². The largest absolute Gasteiger partial charge is 0.495 e. The van der Waals surface area contributed by atoms with Crippen molar-refractivity contribution >= 4 is 44.0 Å². The molecule has 0 amide bonds. The fraction of sp³-hybridized carbons (Fsp3) is 0.222. The molecule has 0 saturated carbocycles. The number of esters is 1. The zero-order chi connectivity index (χ0) is 24.4. The molecule has 0 radical (unpaired) electrons. The smallest absolute Gasteiger partial charge is 0.336 e. The summed E-state index contributed by atoms with van der Waals surface area (Å²) in [6, 6.07) is 17.7. The van der Waals surface area contributed by atoms with Gasteiger partial charge in [-0.25, -0.2) is 13.2 Å². The molecule has 5 rings (SSSR count). The van der Waals surface area contributed by atoms with Crippen molar-refractivity contribution in [3.8, 4) is 11.5 Å². The summed E-state index contributed by atoms with van der Waals surface area (Å²) in [6.07, 6.45) is 5.51. The van der Waals surface area contributed by atoms with Gasteiger partial charge in [-0.1, -0.05) is 30.7 Å². The minimum Gasteiger partial charge on any atom is -0.495 e. The fourth-order valence-corrected chi connectivity index (χ4v) is 6.03. The molecule has 0 unspecified atom stereocenters. The van der Waals surface area contributed by atoms with Crippen LogP contribution in [0.15, 0.2) is 76.1 Å². The van der Waals surface area contributed by atoms with E-state index in [2.05, 4.69) is 0 Å². The van der Waals surface area contributed by atoms with Crippen molar-refractivity contribution in [3.05, 3.63) is 72.3 Å². The maximum Gasteiger partial charge on any atom is 0.336 e. The SMILES string of the molecule is COc1ccc(C=CC(=O)Oc2ccc3oc4ccccc4c3c2)cc1S(=O)(=O)N1CCCCC1. The maximum absolute atomic E-state index is 13.2. The van der Waals surface area contributed by atoms with Crippen LogP contribution >= 0.6 is 0 Å². The van der Waals surface area contributed by atoms with Gasteiger partial charge >= 0.3 is 5.97 Å². The van der Waals surface area contributed by atoms with Gasteiger partial charge in [0.25, 0.3) is 0 Å². The van der Waals surface area contributed by atoms with Crippen LogP contribution in [0.3, 0.4) is 0 Å². The number of benzene rings is 3. The number of methoxy groups -OCH3 is 1. The zero-order valence-corrected chi connectivity index (χ0v) is 20.1. The number of furan rings is 1. The minimum atomic E-state index is -3.70. The molecule has 180 valence electrons. The van der Waals surface area contributed by atoms with Crippen LogP contribution in [0.25, 0.3) is 28.0 Å². The summed E-state index contributed by atoms with van der Waals surface area (Å²) in [4.78, 5) is 12.6. The van der Waals surface area contributed by atoms with Crippen molar-refractivity contribution in [2.45, 2.75) is 24.2 Å². The lowest BCUT2D eigenvalue weighted by molar-refractivity contribution is -0.128. The second-order valence-electron chi connectivity index (χ2n) is 8.39. The van der Waals surface area contributed by atoms with E-state index >= 15 is 0 Å². The van der Waals surface area contributed by atoms with Crippen LogP contribution in [-0.4, -0.2) is 38.9 Å². The monoisotopic (exact) mass is 491 g/mol. The van der Waals surface area contributed by atoms with Crippen LogP contribution in [-0.2, 0) is 14.8 Å². The molecular weight excluding hydrogens is 466 g/mol. The predicted octanol–water partition coefficient (Wildman–Crippen LogP) is 5.39. The van der Waals surface area contributed by atoms with E-state index in [1.165, 1.54) is 29.6 Å². The molecule has 4 aromatic rings. The second kappa shape index (κ2) is 9.56. The second-order valence-corrected chi connectivity index (χ2v) is 10.3. The highest BCUT2D eigenvalue weighted by molar-refractivity contribution is 7.89. The quantitative estimate of drug-likeness (QED) is 0.204. The van der Waals surface area contributed by atoms with Crippen molar-refractivity contribution in [1.82, 2.24) is 4.31 Å². The van der Waals surface area contributed by atoms with E-state index < -0.39 is 16.0 Å². The van der Waals surface area contributed by atoms with Crippen molar-refractivity contribution in [2.75, 3.05) is 20.2 Å². The van der Waals surface area contributed by atoms with Crippen LogP contribution in [0.4, 0.5) is 0 Å². The number of hydrogen-bond acceptors (Lipinski definition) is 6. The summed E-state index contributed by atoms with van der Waals surface area (Å²) in [6.45, 7) is 0.988. The van der Waals surface area contributed by atoms with E-state index in [1.807, 2.05) is 24.3 Å². The first kappa shape index (κ1) is 23.1. The van der Waals surface area contributed by atoms with Gasteiger partial charge in [0.15, 0.2) is 0 Å². The molecule has 1 aliphatic heterocycles. The molecule has 0 spiro atoms. The minimum absolute atomic E-state index is 0.0923. The first-order valence-corrected chi connectivity index (χ1v) is 12.9. The van der Waals surface area contributed by atoms with Crippen molar-refractivity contribution in [2.24, 2.45) is 0 Å². The summed E-state index contributed by atoms with van der Waals surface area (Å²) in [5.74, 6) is 0.0890. The molecule has 0 aliphatic carbocycles. The summed E-state index contributed by atoms with van der Waals surface area (Å²) >= 11 is 0. The van der Waals surface area contributed by atoms with Gasteiger partial charge in [-0.3, -0.25) is 0 Å². The molecule has 35 heavy (non-hydrogen) atoms. The molecule has 7 nitrogen and oxygen atoms in total. The van der Waals surface area contributed by atoms with Gasteiger partial charge in [0, 0.05) is 29.9 Å². The Kier molecular flexibility index (Phi) is 6.32. The third kappa shape index (κ3) is 4.67. The van der Waals surface area contributed by atoms with Crippen molar-refractivity contribution < 1.29 is 27.1 Å². The van der Waals surface area contributed by atoms with E-state index in [4.69, 9.17) is 13.9 Å². The number of sulfonamides is 1. The zero-order valence-electron chi connectivity index (χ0n) is 19.3. The molecule has 0 N–H and O–H groups in total. The highest BCUT2D eigenvalue weighted by atomic mass is 32.2. The Morgan fingerprint density at radius 2 is 1.71 bits per heavy atom. The Balaban J connectivity index is 1.36. The number of ether oxygens (including phenoxy) is 2. The van der Waals surface area contributed by atoms with Crippen LogP contribution in [0, 0.1) is 0 Å². The van der Waals surface area contributed by atoms with Crippen LogP contribution < -0.4 is 9.47 Å². The molecule has 2 heterocycles.